The molecule has 2 heteroatoms. The summed E-state index contributed by atoms with van der Waals surface area (Å²) in [6, 6.07) is 80.4. The molecule has 2 aromatic heterocycles. The van der Waals surface area contributed by atoms with Crippen LogP contribution in [0.1, 0.15) is 0 Å². The van der Waals surface area contributed by atoms with Crippen LogP contribution in [-0.4, -0.2) is 0 Å². The van der Waals surface area contributed by atoms with Crippen molar-refractivity contribution < 1.29 is 0 Å². The Bertz CT molecular complexity index is 3310. The summed E-state index contributed by atoms with van der Waals surface area (Å²) in [4.78, 5) is 0. The van der Waals surface area contributed by atoms with Gasteiger partial charge in [-0.05, 0) is 113 Å². The van der Waals surface area contributed by atoms with E-state index >= 15 is 0 Å². The summed E-state index contributed by atoms with van der Waals surface area (Å²) in [5, 5.41) is 7.78. The first kappa shape index (κ1) is 34.9. The lowest BCUT2D eigenvalue weighted by atomic mass is 9.97. The Morgan fingerprint density at radius 3 is 0.783 bits per heavy atom. The molecule has 60 heavy (non-hydrogen) atoms. The molecule has 0 nitrogen and oxygen atoms in total. The third kappa shape index (κ3) is 6.21. The van der Waals surface area contributed by atoms with E-state index in [1.54, 1.807) is 0 Å². The Morgan fingerprint density at radius 2 is 0.450 bits per heavy atom. The van der Waals surface area contributed by atoms with Gasteiger partial charge in [0.2, 0.25) is 0 Å². The molecule has 0 aliphatic heterocycles. The molecule has 0 atom stereocenters. The van der Waals surface area contributed by atoms with Crippen LogP contribution in [0.25, 0.3) is 118 Å². The SMILES string of the molecule is c1ccc2cc(-c3ccc(-c4ccc(-c5ccc6c(c5)sc5c7ccc(-c8ccc(-c9ccc(-c%10ccc%11ccccc%11c%10)cc9)cc8)cc7sc65)cc4)cc3)ccc2c1. The van der Waals surface area contributed by atoms with Crippen molar-refractivity contribution >= 4 is 73.8 Å². The molecule has 0 bridgehead atoms. The molecule has 0 amide bonds. The van der Waals surface area contributed by atoms with Crippen LogP contribution >= 0.6 is 22.7 Å². The highest BCUT2D eigenvalue weighted by atomic mass is 32.1. The van der Waals surface area contributed by atoms with Gasteiger partial charge in [0, 0.05) is 20.2 Å². The molecule has 0 aliphatic carbocycles. The minimum absolute atomic E-state index is 1.23. The Kier molecular flexibility index (Phi) is 8.33. The van der Waals surface area contributed by atoms with Gasteiger partial charge < -0.3 is 0 Å². The van der Waals surface area contributed by atoms with Crippen LogP contribution in [0.5, 0.6) is 0 Å². The summed E-state index contributed by atoms with van der Waals surface area (Å²) in [5.74, 6) is 0. The van der Waals surface area contributed by atoms with Gasteiger partial charge in [0.1, 0.15) is 0 Å². The van der Waals surface area contributed by atoms with Gasteiger partial charge in [-0.15, -0.1) is 22.7 Å². The van der Waals surface area contributed by atoms with Crippen molar-refractivity contribution in [2.45, 2.75) is 0 Å². The van der Waals surface area contributed by atoms with Crippen molar-refractivity contribution in [3.63, 3.8) is 0 Å². The maximum atomic E-state index is 2.37. The fraction of sp³-hybridized carbons (Fsp3) is 0. The quantitative estimate of drug-likeness (QED) is 0.157. The van der Waals surface area contributed by atoms with E-state index in [0.717, 1.165) is 0 Å². The first-order valence-corrected chi connectivity index (χ1v) is 22.1. The first-order valence-electron chi connectivity index (χ1n) is 20.5. The van der Waals surface area contributed by atoms with E-state index in [1.165, 1.54) is 118 Å². The number of hydrogen-bond donors (Lipinski definition) is 0. The van der Waals surface area contributed by atoms with Gasteiger partial charge in [-0.25, -0.2) is 0 Å². The molecule has 280 valence electrons. The smallest absolute Gasteiger partial charge is 0.0542 e. The number of rotatable bonds is 6. The molecule has 12 rings (SSSR count). The van der Waals surface area contributed by atoms with Crippen LogP contribution in [-0.2, 0) is 0 Å². The summed E-state index contributed by atoms with van der Waals surface area (Å²) in [7, 11) is 0. The molecule has 10 aromatic carbocycles. The summed E-state index contributed by atoms with van der Waals surface area (Å²) in [5.41, 5.74) is 14.9. The van der Waals surface area contributed by atoms with Crippen molar-refractivity contribution in [1.82, 2.24) is 0 Å². The van der Waals surface area contributed by atoms with Gasteiger partial charge in [0.15, 0.2) is 0 Å². The highest BCUT2D eigenvalue weighted by Crippen LogP contribution is 2.46. The van der Waals surface area contributed by atoms with E-state index in [0.29, 0.717) is 0 Å². The van der Waals surface area contributed by atoms with Crippen molar-refractivity contribution in [2.75, 3.05) is 0 Å². The predicted molar refractivity (Wildman–Crippen MR) is 262 cm³/mol. The van der Waals surface area contributed by atoms with E-state index in [9.17, 15) is 0 Å². The molecular formula is C58H36S2. The Hall–Kier alpha value is -7.10. The molecule has 0 fully saturated rings. The van der Waals surface area contributed by atoms with E-state index < -0.39 is 0 Å². The second-order valence-corrected chi connectivity index (χ2v) is 17.8. The van der Waals surface area contributed by atoms with Gasteiger partial charge in [0.25, 0.3) is 0 Å². The second-order valence-electron chi connectivity index (χ2n) is 15.7. The first-order chi connectivity index (χ1) is 29.7. The molecule has 0 spiro atoms. The number of benzene rings is 10. The number of hydrogen-bond acceptors (Lipinski definition) is 2. The van der Waals surface area contributed by atoms with Crippen LogP contribution in [0, 0.1) is 0 Å². The molecule has 0 N–H and O–H groups in total. The summed E-state index contributed by atoms with van der Waals surface area (Å²) >= 11 is 3.84. The van der Waals surface area contributed by atoms with Crippen LogP contribution < -0.4 is 0 Å². The van der Waals surface area contributed by atoms with Crippen LogP contribution in [0.2, 0.25) is 0 Å². The highest BCUT2D eigenvalue weighted by Gasteiger charge is 2.14. The van der Waals surface area contributed by atoms with Gasteiger partial charge in [0.05, 0.1) is 9.40 Å². The van der Waals surface area contributed by atoms with Crippen LogP contribution in [0.15, 0.2) is 218 Å². The Balaban J connectivity index is 0.761. The van der Waals surface area contributed by atoms with Gasteiger partial charge in [-0.1, -0.05) is 194 Å². The molecule has 0 saturated carbocycles. The lowest BCUT2D eigenvalue weighted by Crippen LogP contribution is -1.82. The van der Waals surface area contributed by atoms with Crippen molar-refractivity contribution in [2.24, 2.45) is 0 Å². The predicted octanol–water partition coefficient (Wildman–Crippen LogP) is 17.6. The Labute approximate surface area is 356 Å². The minimum atomic E-state index is 1.23. The monoisotopic (exact) mass is 796 g/mol. The summed E-state index contributed by atoms with van der Waals surface area (Å²) in [6.45, 7) is 0. The zero-order valence-electron chi connectivity index (χ0n) is 32.6. The summed E-state index contributed by atoms with van der Waals surface area (Å²) < 4.78 is 5.46. The summed E-state index contributed by atoms with van der Waals surface area (Å²) in [6.07, 6.45) is 0. The number of thiophene rings is 2. The van der Waals surface area contributed by atoms with Gasteiger partial charge in [-0.3, -0.25) is 0 Å². The second kappa shape index (κ2) is 14.3. The van der Waals surface area contributed by atoms with Crippen molar-refractivity contribution in [1.29, 1.82) is 0 Å². The molecule has 2 heterocycles. The lowest BCUT2D eigenvalue weighted by molar-refractivity contribution is 1.59. The van der Waals surface area contributed by atoms with Gasteiger partial charge >= 0.3 is 0 Å². The number of fused-ring (bicyclic) bond motifs is 7. The highest BCUT2D eigenvalue weighted by molar-refractivity contribution is 7.36. The van der Waals surface area contributed by atoms with Crippen LogP contribution in [0.3, 0.4) is 0 Å². The average molecular weight is 797 g/mol. The fourth-order valence-electron chi connectivity index (χ4n) is 8.77. The van der Waals surface area contributed by atoms with Crippen LogP contribution in [0.4, 0.5) is 0 Å². The maximum Gasteiger partial charge on any atom is 0.0542 e. The molecule has 0 unspecified atom stereocenters. The zero-order valence-corrected chi connectivity index (χ0v) is 34.2. The van der Waals surface area contributed by atoms with E-state index in [1.807, 2.05) is 22.7 Å². The topological polar surface area (TPSA) is 0 Å². The lowest BCUT2D eigenvalue weighted by Gasteiger charge is -2.08. The molecule has 0 radical (unpaired) electrons. The third-order valence-electron chi connectivity index (χ3n) is 12.1. The standard InChI is InChI=1S/C58H36S2/c1-3-7-47-33-49(27-25-37(47)5-1)43-17-9-39(10-18-43)41-13-21-45(22-14-41)51-29-31-53-55(35-51)59-58-54-32-30-52(36-56(54)60-57(53)58)46-23-15-42(16-24-46)40-11-19-44(20-12-40)50-28-26-38-6-2-4-8-48(38)34-50/h1-36H. The van der Waals surface area contributed by atoms with Gasteiger partial charge in [-0.2, -0.15) is 0 Å². The maximum absolute atomic E-state index is 2.37. The molecule has 12 aromatic rings. The van der Waals surface area contributed by atoms with Crippen molar-refractivity contribution in [3.8, 4) is 66.8 Å². The van der Waals surface area contributed by atoms with E-state index in [2.05, 4.69) is 218 Å². The fourth-order valence-corrected chi connectivity index (χ4v) is 11.5. The molecule has 0 saturated heterocycles. The zero-order chi connectivity index (χ0) is 39.6. The van der Waals surface area contributed by atoms with Crippen molar-refractivity contribution in [3.05, 3.63) is 218 Å². The normalized spacial score (nSPS) is 11.7. The molecular weight excluding hydrogens is 761 g/mol. The molecule has 0 aliphatic rings. The largest absolute Gasteiger partial charge is 0.134 e. The Morgan fingerprint density at radius 1 is 0.200 bits per heavy atom. The third-order valence-corrected chi connectivity index (χ3v) is 14.6. The van der Waals surface area contributed by atoms with E-state index in [4.69, 9.17) is 0 Å². The average Bonchev–Trinajstić information content (AvgIpc) is 3.87. The minimum Gasteiger partial charge on any atom is -0.134 e. The van der Waals surface area contributed by atoms with E-state index in [-0.39, 0.29) is 0 Å².